The van der Waals surface area contributed by atoms with Gasteiger partial charge >= 0.3 is 0 Å². The van der Waals surface area contributed by atoms with E-state index in [-0.39, 0.29) is 12.6 Å². The highest BCUT2D eigenvalue weighted by atomic mass is 32.1. The van der Waals surface area contributed by atoms with Crippen LogP contribution in [0.1, 0.15) is 57.8 Å². The SMILES string of the molecule is Cc1nc(NC(C)C2CC2)nc(NC2(O)CCC(CO)C2O)c1-c1nc2c(CC(C)C)nccc2s1. The molecule has 4 atom stereocenters. The molecule has 3 aromatic rings. The number of nitrogens with zero attached hydrogens (tertiary/aromatic N) is 4. The topological polar surface area (TPSA) is 136 Å². The first-order valence-corrected chi connectivity index (χ1v) is 13.7. The Morgan fingerprint density at radius 1 is 1.17 bits per heavy atom. The monoisotopic (exact) mass is 512 g/mol. The van der Waals surface area contributed by atoms with Gasteiger partial charge in [-0.25, -0.2) is 9.97 Å². The molecule has 2 saturated carbocycles. The summed E-state index contributed by atoms with van der Waals surface area (Å²) in [4.78, 5) is 19.1. The Balaban J connectivity index is 1.58. The molecular formula is C26H36N6O3S. The molecular weight excluding hydrogens is 476 g/mol. The number of thiazole rings is 1. The van der Waals surface area contributed by atoms with Crippen molar-refractivity contribution >= 4 is 33.3 Å². The van der Waals surface area contributed by atoms with Crippen LogP contribution in [0, 0.1) is 24.7 Å². The molecule has 36 heavy (non-hydrogen) atoms. The van der Waals surface area contributed by atoms with E-state index in [2.05, 4.69) is 36.4 Å². The summed E-state index contributed by atoms with van der Waals surface area (Å²) in [7, 11) is 0. The molecule has 2 aliphatic rings. The number of pyridine rings is 1. The normalized spacial score (nSPS) is 25.0. The minimum Gasteiger partial charge on any atom is -0.396 e. The van der Waals surface area contributed by atoms with E-state index in [1.54, 1.807) is 11.3 Å². The Morgan fingerprint density at radius 3 is 2.61 bits per heavy atom. The summed E-state index contributed by atoms with van der Waals surface area (Å²) in [5, 5.41) is 39.1. The van der Waals surface area contributed by atoms with Crippen LogP contribution >= 0.6 is 11.3 Å². The molecule has 3 heterocycles. The number of hydrogen-bond donors (Lipinski definition) is 5. The van der Waals surface area contributed by atoms with Gasteiger partial charge in [-0.15, -0.1) is 11.3 Å². The summed E-state index contributed by atoms with van der Waals surface area (Å²) < 4.78 is 1.03. The summed E-state index contributed by atoms with van der Waals surface area (Å²) in [6, 6.07) is 2.21. The van der Waals surface area contributed by atoms with Crippen molar-refractivity contribution in [3.05, 3.63) is 23.7 Å². The van der Waals surface area contributed by atoms with Crippen molar-refractivity contribution in [2.24, 2.45) is 17.8 Å². The standard InChI is InChI=1S/C26H36N6O3S/c1-13(2)11-18-21-19(8-10-27-18)36-24(30-21)20-15(4)29-25(28-14(3)16-5-6-16)31-23(20)32-26(35)9-7-17(12-33)22(26)34/h8,10,13-14,16-17,22,33-35H,5-7,9,11-12H2,1-4H3,(H2,28,29,31,32). The maximum absolute atomic E-state index is 11.4. The van der Waals surface area contributed by atoms with Crippen molar-refractivity contribution in [3.8, 4) is 10.6 Å². The second-order valence-corrected chi connectivity index (χ2v) is 11.9. The third-order valence-electron chi connectivity index (χ3n) is 7.38. The quantitative estimate of drug-likeness (QED) is 0.272. The molecule has 0 radical (unpaired) electrons. The van der Waals surface area contributed by atoms with Crippen LogP contribution in [-0.2, 0) is 6.42 Å². The number of nitrogens with one attached hydrogen (secondary N) is 2. The average Bonchev–Trinajstić information content (AvgIpc) is 3.52. The fourth-order valence-corrected chi connectivity index (χ4v) is 6.17. The van der Waals surface area contributed by atoms with Gasteiger partial charge in [-0.3, -0.25) is 4.98 Å². The first-order valence-electron chi connectivity index (χ1n) is 12.9. The molecule has 3 aromatic heterocycles. The number of fused-ring (bicyclic) bond motifs is 1. The van der Waals surface area contributed by atoms with E-state index in [1.165, 1.54) is 12.8 Å². The lowest BCUT2D eigenvalue weighted by Gasteiger charge is -2.31. The lowest BCUT2D eigenvalue weighted by molar-refractivity contribution is -0.0545. The van der Waals surface area contributed by atoms with Crippen LogP contribution in [0.2, 0.25) is 0 Å². The van der Waals surface area contributed by atoms with Crippen LogP contribution in [-0.4, -0.2) is 59.7 Å². The molecule has 2 aliphatic carbocycles. The van der Waals surface area contributed by atoms with Gasteiger partial charge in [-0.05, 0) is 63.9 Å². The summed E-state index contributed by atoms with van der Waals surface area (Å²) >= 11 is 1.54. The molecule has 0 aliphatic heterocycles. The van der Waals surface area contributed by atoms with E-state index in [1.807, 2.05) is 19.2 Å². The van der Waals surface area contributed by atoms with Crippen molar-refractivity contribution in [2.75, 3.05) is 17.2 Å². The molecule has 0 bridgehead atoms. The lowest BCUT2D eigenvalue weighted by Crippen LogP contribution is -2.48. The van der Waals surface area contributed by atoms with Crippen molar-refractivity contribution in [2.45, 2.75) is 77.7 Å². The molecule has 5 rings (SSSR count). The van der Waals surface area contributed by atoms with Gasteiger partial charge < -0.3 is 26.0 Å². The van der Waals surface area contributed by atoms with Crippen LogP contribution < -0.4 is 10.6 Å². The molecule has 5 N–H and O–H groups in total. The largest absolute Gasteiger partial charge is 0.396 e. The number of anilines is 2. The first-order chi connectivity index (χ1) is 17.2. The van der Waals surface area contributed by atoms with E-state index in [0.29, 0.717) is 42.0 Å². The number of rotatable bonds is 9. The zero-order chi connectivity index (χ0) is 25.6. The second-order valence-electron chi connectivity index (χ2n) is 10.8. The Morgan fingerprint density at radius 2 is 1.94 bits per heavy atom. The van der Waals surface area contributed by atoms with Crippen LogP contribution in [0.3, 0.4) is 0 Å². The zero-order valence-corrected chi connectivity index (χ0v) is 22.1. The maximum atomic E-state index is 11.4. The molecule has 2 fully saturated rings. The minimum atomic E-state index is -1.61. The second kappa shape index (κ2) is 9.81. The number of hydrogen-bond acceptors (Lipinski definition) is 10. The highest BCUT2D eigenvalue weighted by molar-refractivity contribution is 7.21. The fourth-order valence-electron chi connectivity index (χ4n) is 5.09. The van der Waals surface area contributed by atoms with Gasteiger partial charge in [0.15, 0.2) is 5.72 Å². The fraction of sp³-hybridized carbons (Fsp3) is 0.615. The van der Waals surface area contributed by atoms with Gasteiger partial charge in [-0.1, -0.05) is 13.8 Å². The van der Waals surface area contributed by atoms with Gasteiger partial charge in [0.2, 0.25) is 5.95 Å². The summed E-state index contributed by atoms with van der Waals surface area (Å²) in [5.74, 6) is 1.58. The summed E-state index contributed by atoms with van der Waals surface area (Å²) in [6.07, 6.45) is 4.74. The van der Waals surface area contributed by atoms with Gasteiger partial charge in [0, 0.05) is 24.8 Å². The Labute approximate surface area is 215 Å². The van der Waals surface area contributed by atoms with Gasteiger partial charge in [0.05, 0.1) is 21.7 Å². The van der Waals surface area contributed by atoms with Crippen LogP contribution in [0.5, 0.6) is 0 Å². The Kier molecular flexibility index (Phi) is 6.88. The highest BCUT2D eigenvalue weighted by Crippen LogP contribution is 2.41. The molecule has 10 heteroatoms. The van der Waals surface area contributed by atoms with E-state index in [4.69, 9.17) is 15.0 Å². The van der Waals surface area contributed by atoms with E-state index < -0.39 is 17.7 Å². The van der Waals surface area contributed by atoms with Crippen molar-refractivity contribution in [3.63, 3.8) is 0 Å². The summed E-state index contributed by atoms with van der Waals surface area (Å²) in [5.41, 5.74) is 1.66. The van der Waals surface area contributed by atoms with Crippen LogP contribution in [0.4, 0.5) is 11.8 Å². The smallest absolute Gasteiger partial charge is 0.225 e. The molecule has 9 nitrogen and oxygen atoms in total. The van der Waals surface area contributed by atoms with Crippen molar-refractivity contribution < 1.29 is 15.3 Å². The number of aliphatic hydroxyl groups excluding tert-OH is 2. The van der Waals surface area contributed by atoms with Gasteiger partial charge in [0.1, 0.15) is 22.4 Å². The molecule has 0 saturated heterocycles. The maximum Gasteiger partial charge on any atom is 0.225 e. The van der Waals surface area contributed by atoms with E-state index in [0.717, 1.165) is 33.0 Å². The minimum absolute atomic E-state index is 0.185. The molecule has 0 aromatic carbocycles. The Bertz CT molecular complexity index is 1250. The van der Waals surface area contributed by atoms with Crippen LogP contribution in [0.15, 0.2) is 12.3 Å². The number of aryl methyl sites for hydroxylation is 1. The molecule has 194 valence electrons. The van der Waals surface area contributed by atoms with E-state index >= 15 is 0 Å². The predicted molar refractivity (Wildman–Crippen MR) is 142 cm³/mol. The Hall–Kier alpha value is -2.40. The number of aromatic nitrogens is 4. The predicted octanol–water partition coefficient (Wildman–Crippen LogP) is 3.73. The molecule has 0 spiro atoms. The number of aliphatic hydroxyl groups is 3. The molecule has 4 unspecified atom stereocenters. The summed E-state index contributed by atoms with van der Waals surface area (Å²) in [6.45, 7) is 8.19. The van der Waals surface area contributed by atoms with Gasteiger partial charge in [-0.2, -0.15) is 4.98 Å². The van der Waals surface area contributed by atoms with E-state index in [9.17, 15) is 15.3 Å². The third-order valence-corrected chi connectivity index (χ3v) is 8.41. The van der Waals surface area contributed by atoms with Crippen molar-refractivity contribution in [1.29, 1.82) is 0 Å². The van der Waals surface area contributed by atoms with Crippen molar-refractivity contribution in [1.82, 2.24) is 19.9 Å². The lowest BCUT2D eigenvalue weighted by atomic mass is 10.0. The first kappa shape index (κ1) is 25.3. The van der Waals surface area contributed by atoms with Crippen LogP contribution in [0.25, 0.3) is 20.8 Å². The highest BCUT2D eigenvalue weighted by Gasteiger charge is 2.47. The molecule has 0 amide bonds. The third kappa shape index (κ3) is 4.91. The van der Waals surface area contributed by atoms with Gasteiger partial charge in [0.25, 0.3) is 0 Å². The zero-order valence-electron chi connectivity index (χ0n) is 21.3. The average molecular weight is 513 g/mol.